The van der Waals surface area contributed by atoms with Crippen LogP contribution in [0.2, 0.25) is 0 Å². The van der Waals surface area contributed by atoms with Gasteiger partial charge in [-0.2, -0.15) is 5.10 Å². The summed E-state index contributed by atoms with van der Waals surface area (Å²) in [4.78, 5) is 25.2. The zero-order valence-electron chi connectivity index (χ0n) is 10.9. The number of aryl methyl sites for hydroxylation is 1. The van der Waals surface area contributed by atoms with Crippen LogP contribution in [-0.2, 0) is 11.8 Å². The van der Waals surface area contributed by atoms with Crippen molar-refractivity contribution in [2.24, 2.45) is 7.05 Å². The molecule has 0 aromatic carbocycles. The number of carbonyl (C=O) groups is 2. The number of amides is 1. The van der Waals surface area contributed by atoms with E-state index in [0.29, 0.717) is 11.4 Å². The minimum absolute atomic E-state index is 0.0689. The van der Waals surface area contributed by atoms with E-state index < -0.39 is 12.0 Å². The van der Waals surface area contributed by atoms with E-state index in [1.807, 2.05) is 6.92 Å². The second-order valence-electron chi connectivity index (χ2n) is 4.52. The molecular weight excluding hydrogens is 266 g/mol. The fraction of sp³-hybridized carbons (Fsp3) is 0.583. The van der Waals surface area contributed by atoms with Crippen LogP contribution in [-0.4, -0.2) is 48.8 Å². The highest BCUT2D eigenvalue weighted by molar-refractivity contribution is 8.00. The molecule has 7 heteroatoms. The van der Waals surface area contributed by atoms with Gasteiger partial charge < -0.3 is 10.0 Å². The molecule has 1 saturated heterocycles. The van der Waals surface area contributed by atoms with Gasteiger partial charge in [-0.05, 0) is 12.5 Å². The Kier molecular flexibility index (Phi) is 4.14. The van der Waals surface area contributed by atoms with Crippen LogP contribution >= 0.6 is 11.8 Å². The Morgan fingerprint density at radius 2 is 2.32 bits per heavy atom. The second-order valence-corrected chi connectivity index (χ2v) is 5.73. The molecule has 6 nitrogen and oxygen atoms in total. The Morgan fingerprint density at radius 1 is 1.58 bits per heavy atom. The minimum Gasteiger partial charge on any atom is -0.480 e. The van der Waals surface area contributed by atoms with Crippen LogP contribution < -0.4 is 0 Å². The van der Waals surface area contributed by atoms with Gasteiger partial charge in [-0.15, -0.1) is 11.8 Å². The number of rotatable bonds is 4. The summed E-state index contributed by atoms with van der Waals surface area (Å²) < 4.78 is 1.54. The highest BCUT2D eigenvalue weighted by atomic mass is 32.2. The number of hydrogen-bond acceptors (Lipinski definition) is 4. The molecule has 0 spiro atoms. The molecule has 0 aliphatic carbocycles. The predicted octanol–water partition coefficient (Wildman–Crippen LogP) is 1.19. The van der Waals surface area contributed by atoms with Crippen molar-refractivity contribution >= 4 is 23.6 Å². The topological polar surface area (TPSA) is 75.4 Å². The number of aliphatic carboxylic acids is 1. The standard InChI is InChI=1S/C12H17N3O3S/c1-3-4-10-15(9(7-19-10)12(17)18)11(16)8-5-6-14(2)13-8/h5-6,9-10H,3-4,7H2,1-2H3,(H,17,18). The summed E-state index contributed by atoms with van der Waals surface area (Å²) in [6.45, 7) is 2.03. The molecule has 1 aromatic heterocycles. The number of aromatic nitrogens is 2. The first kappa shape index (κ1) is 13.9. The van der Waals surface area contributed by atoms with Gasteiger partial charge in [0.2, 0.25) is 0 Å². The van der Waals surface area contributed by atoms with E-state index in [0.717, 1.165) is 12.8 Å². The van der Waals surface area contributed by atoms with Crippen molar-refractivity contribution in [1.29, 1.82) is 0 Å². The lowest BCUT2D eigenvalue weighted by molar-refractivity contribution is -0.141. The largest absolute Gasteiger partial charge is 0.480 e. The van der Waals surface area contributed by atoms with Crippen molar-refractivity contribution in [1.82, 2.24) is 14.7 Å². The van der Waals surface area contributed by atoms with E-state index in [1.165, 1.54) is 16.7 Å². The smallest absolute Gasteiger partial charge is 0.327 e. The van der Waals surface area contributed by atoms with E-state index in [1.54, 1.807) is 24.0 Å². The van der Waals surface area contributed by atoms with E-state index in [-0.39, 0.29) is 11.3 Å². The summed E-state index contributed by atoms with van der Waals surface area (Å²) in [5.41, 5.74) is 0.303. The van der Waals surface area contributed by atoms with Crippen LogP contribution in [0.5, 0.6) is 0 Å². The fourth-order valence-electron chi connectivity index (χ4n) is 2.16. The van der Waals surface area contributed by atoms with E-state index in [4.69, 9.17) is 0 Å². The molecule has 2 rings (SSSR count). The van der Waals surface area contributed by atoms with Gasteiger partial charge in [0.05, 0.1) is 5.37 Å². The number of hydrogen-bond donors (Lipinski definition) is 1. The van der Waals surface area contributed by atoms with Crippen LogP contribution in [0.1, 0.15) is 30.3 Å². The predicted molar refractivity (Wildman–Crippen MR) is 72.0 cm³/mol. The van der Waals surface area contributed by atoms with Crippen molar-refractivity contribution < 1.29 is 14.7 Å². The summed E-state index contributed by atoms with van der Waals surface area (Å²) >= 11 is 1.53. The highest BCUT2D eigenvalue weighted by Crippen LogP contribution is 2.33. The van der Waals surface area contributed by atoms with Crippen molar-refractivity contribution in [2.45, 2.75) is 31.2 Å². The number of carbonyl (C=O) groups excluding carboxylic acids is 1. The first-order valence-electron chi connectivity index (χ1n) is 6.21. The average Bonchev–Trinajstić information content (AvgIpc) is 2.95. The molecule has 2 heterocycles. The fourth-order valence-corrected chi connectivity index (χ4v) is 3.67. The van der Waals surface area contributed by atoms with Gasteiger partial charge in [0.1, 0.15) is 11.7 Å². The number of carboxylic acids is 1. The van der Waals surface area contributed by atoms with Crippen molar-refractivity contribution in [2.75, 3.05) is 5.75 Å². The Balaban J connectivity index is 2.25. The summed E-state index contributed by atoms with van der Waals surface area (Å²) in [5, 5.41) is 13.2. The first-order chi connectivity index (χ1) is 9.04. The van der Waals surface area contributed by atoms with Gasteiger partial charge >= 0.3 is 5.97 Å². The maximum absolute atomic E-state index is 12.4. The van der Waals surface area contributed by atoms with Crippen LogP contribution in [0.3, 0.4) is 0 Å². The summed E-state index contributed by atoms with van der Waals surface area (Å²) in [7, 11) is 1.73. The molecule has 0 radical (unpaired) electrons. The Labute approximate surface area is 115 Å². The summed E-state index contributed by atoms with van der Waals surface area (Å²) in [6, 6.07) is 0.865. The molecule has 1 fully saturated rings. The molecular formula is C12H17N3O3S. The van der Waals surface area contributed by atoms with Gasteiger partial charge in [0.25, 0.3) is 5.91 Å². The van der Waals surface area contributed by atoms with E-state index in [9.17, 15) is 14.7 Å². The van der Waals surface area contributed by atoms with Gasteiger partial charge in [-0.25, -0.2) is 4.79 Å². The maximum atomic E-state index is 12.4. The molecule has 1 amide bonds. The van der Waals surface area contributed by atoms with Gasteiger partial charge in [-0.1, -0.05) is 13.3 Å². The molecule has 1 aliphatic rings. The lowest BCUT2D eigenvalue weighted by atomic mass is 10.2. The summed E-state index contributed by atoms with van der Waals surface area (Å²) in [5.74, 6) is -0.801. The van der Waals surface area contributed by atoms with Crippen LogP contribution in [0.25, 0.3) is 0 Å². The molecule has 0 saturated carbocycles. The SMILES string of the molecule is CCCC1SCC(C(=O)O)N1C(=O)c1ccn(C)n1. The lowest BCUT2D eigenvalue weighted by Gasteiger charge is -2.26. The zero-order valence-corrected chi connectivity index (χ0v) is 11.8. The molecule has 1 aromatic rings. The quantitative estimate of drug-likeness (QED) is 0.898. The Hall–Kier alpha value is -1.50. The summed E-state index contributed by atoms with van der Waals surface area (Å²) in [6.07, 6.45) is 3.39. The normalized spacial score (nSPS) is 22.7. The molecule has 2 unspecified atom stereocenters. The molecule has 1 aliphatic heterocycles. The Bertz CT molecular complexity index is 488. The highest BCUT2D eigenvalue weighted by Gasteiger charge is 2.41. The second kappa shape index (κ2) is 5.64. The monoisotopic (exact) mass is 283 g/mol. The van der Waals surface area contributed by atoms with Crippen molar-refractivity contribution in [3.8, 4) is 0 Å². The van der Waals surface area contributed by atoms with Crippen LogP contribution in [0.15, 0.2) is 12.3 Å². The number of thioether (sulfide) groups is 1. The number of carboxylic acid groups (broad SMARTS) is 1. The molecule has 1 N–H and O–H groups in total. The van der Waals surface area contributed by atoms with Crippen molar-refractivity contribution in [3.05, 3.63) is 18.0 Å². The van der Waals surface area contributed by atoms with Crippen molar-refractivity contribution in [3.63, 3.8) is 0 Å². The first-order valence-corrected chi connectivity index (χ1v) is 7.26. The van der Waals surface area contributed by atoms with Crippen LogP contribution in [0.4, 0.5) is 0 Å². The number of nitrogens with zero attached hydrogens (tertiary/aromatic N) is 3. The van der Waals surface area contributed by atoms with Gasteiger partial charge in [0, 0.05) is 19.0 Å². The molecule has 0 bridgehead atoms. The molecule has 19 heavy (non-hydrogen) atoms. The van der Waals surface area contributed by atoms with E-state index >= 15 is 0 Å². The average molecular weight is 283 g/mol. The Morgan fingerprint density at radius 3 is 2.84 bits per heavy atom. The third-order valence-corrected chi connectivity index (χ3v) is 4.44. The van der Waals surface area contributed by atoms with Crippen LogP contribution in [0, 0.1) is 0 Å². The maximum Gasteiger partial charge on any atom is 0.327 e. The third-order valence-electron chi connectivity index (χ3n) is 3.08. The van der Waals surface area contributed by atoms with Gasteiger partial charge in [0.15, 0.2) is 0 Å². The lowest BCUT2D eigenvalue weighted by Crippen LogP contribution is -2.45. The third kappa shape index (κ3) is 2.75. The zero-order chi connectivity index (χ0) is 14.0. The minimum atomic E-state index is -0.949. The van der Waals surface area contributed by atoms with Gasteiger partial charge in [-0.3, -0.25) is 9.48 Å². The molecule has 2 atom stereocenters. The van der Waals surface area contributed by atoms with E-state index in [2.05, 4.69) is 5.10 Å². The molecule has 104 valence electrons.